The Morgan fingerprint density at radius 3 is 2.41 bits per heavy atom. The molecule has 4 heteroatoms. The summed E-state index contributed by atoms with van der Waals surface area (Å²) in [5.41, 5.74) is 5.62. The van der Waals surface area contributed by atoms with Crippen molar-refractivity contribution in [1.82, 2.24) is 0 Å². The third-order valence-electron chi connectivity index (χ3n) is 3.38. The molecule has 0 heterocycles. The normalized spacial score (nSPS) is 27.6. The lowest BCUT2D eigenvalue weighted by Gasteiger charge is -2.31. The van der Waals surface area contributed by atoms with E-state index in [1.807, 2.05) is 20.8 Å². The first-order chi connectivity index (χ1) is 7.84. The van der Waals surface area contributed by atoms with E-state index in [-0.39, 0.29) is 23.6 Å². The van der Waals surface area contributed by atoms with Gasteiger partial charge < -0.3 is 15.2 Å². The van der Waals surface area contributed by atoms with Gasteiger partial charge in [0.1, 0.15) is 12.1 Å². The van der Waals surface area contributed by atoms with Crippen LogP contribution in [0.2, 0.25) is 0 Å². The van der Waals surface area contributed by atoms with Crippen molar-refractivity contribution >= 4 is 5.97 Å². The number of hydrogen-bond donors (Lipinski definition) is 1. The molecule has 0 aromatic heterocycles. The highest BCUT2D eigenvalue weighted by Crippen LogP contribution is 2.25. The number of esters is 1. The van der Waals surface area contributed by atoms with E-state index in [9.17, 15) is 4.79 Å². The van der Waals surface area contributed by atoms with Crippen LogP contribution >= 0.6 is 0 Å². The van der Waals surface area contributed by atoms with Gasteiger partial charge >= 0.3 is 5.97 Å². The van der Waals surface area contributed by atoms with Gasteiger partial charge in [0.05, 0.1) is 6.10 Å². The smallest absolute Gasteiger partial charge is 0.323 e. The Hall–Kier alpha value is -0.610. The van der Waals surface area contributed by atoms with E-state index in [1.54, 1.807) is 7.11 Å². The molecule has 3 atom stereocenters. The van der Waals surface area contributed by atoms with Crippen molar-refractivity contribution in [3.05, 3.63) is 0 Å². The van der Waals surface area contributed by atoms with Gasteiger partial charge in [0, 0.05) is 13.5 Å². The fourth-order valence-electron chi connectivity index (χ4n) is 2.01. The van der Waals surface area contributed by atoms with Gasteiger partial charge in [-0.1, -0.05) is 20.8 Å². The highest BCUT2D eigenvalue weighted by molar-refractivity contribution is 5.76. The largest absolute Gasteiger partial charge is 0.461 e. The summed E-state index contributed by atoms with van der Waals surface area (Å²) in [4.78, 5) is 11.9. The second-order valence-electron chi connectivity index (χ2n) is 5.93. The van der Waals surface area contributed by atoms with Crippen LogP contribution in [0.5, 0.6) is 0 Å². The van der Waals surface area contributed by atoms with Crippen molar-refractivity contribution in [2.24, 2.45) is 11.1 Å². The zero-order valence-corrected chi connectivity index (χ0v) is 11.4. The number of ether oxygens (including phenoxy) is 2. The Morgan fingerprint density at radius 1 is 1.29 bits per heavy atom. The molecule has 17 heavy (non-hydrogen) atoms. The van der Waals surface area contributed by atoms with Gasteiger partial charge in [-0.15, -0.1) is 0 Å². The summed E-state index contributed by atoms with van der Waals surface area (Å²) in [5.74, 6) is -0.292. The van der Waals surface area contributed by atoms with Gasteiger partial charge in [0.2, 0.25) is 0 Å². The molecular formula is C13H25NO3. The van der Waals surface area contributed by atoms with Gasteiger partial charge in [-0.05, 0) is 24.7 Å². The van der Waals surface area contributed by atoms with Gasteiger partial charge in [-0.3, -0.25) is 4.79 Å². The molecule has 0 aromatic carbocycles. The molecule has 0 aromatic rings. The molecule has 1 saturated carbocycles. The quantitative estimate of drug-likeness (QED) is 0.769. The van der Waals surface area contributed by atoms with Crippen LogP contribution in [0.4, 0.5) is 0 Å². The Labute approximate surface area is 104 Å². The zero-order chi connectivity index (χ0) is 13.1. The minimum atomic E-state index is -0.564. The summed E-state index contributed by atoms with van der Waals surface area (Å²) in [5, 5.41) is 0. The zero-order valence-electron chi connectivity index (χ0n) is 11.4. The first kappa shape index (κ1) is 14.5. The van der Waals surface area contributed by atoms with Crippen LogP contribution in [-0.2, 0) is 14.3 Å². The van der Waals surface area contributed by atoms with Gasteiger partial charge in [-0.2, -0.15) is 0 Å². The first-order valence-electron chi connectivity index (χ1n) is 6.33. The fraction of sp³-hybridized carbons (Fsp3) is 0.923. The van der Waals surface area contributed by atoms with E-state index in [4.69, 9.17) is 15.2 Å². The van der Waals surface area contributed by atoms with Crippen LogP contribution in [0, 0.1) is 5.41 Å². The maximum atomic E-state index is 11.9. The highest BCUT2D eigenvalue weighted by Gasteiger charge is 2.32. The third-order valence-corrected chi connectivity index (χ3v) is 3.38. The molecule has 0 spiro atoms. The number of methoxy groups -OCH3 is 1. The topological polar surface area (TPSA) is 61.5 Å². The first-order valence-corrected chi connectivity index (χ1v) is 6.33. The molecule has 2 N–H and O–H groups in total. The lowest BCUT2D eigenvalue weighted by Crippen LogP contribution is -2.45. The van der Waals surface area contributed by atoms with Gasteiger partial charge in [0.15, 0.2) is 0 Å². The maximum Gasteiger partial charge on any atom is 0.323 e. The molecule has 0 aliphatic heterocycles. The maximum absolute atomic E-state index is 11.9. The Morgan fingerprint density at radius 2 is 1.88 bits per heavy atom. The molecule has 1 aliphatic rings. The highest BCUT2D eigenvalue weighted by atomic mass is 16.5. The molecule has 1 fully saturated rings. The van der Waals surface area contributed by atoms with Crippen molar-refractivity contribution in [1.29, 1.82) is 0 Å². The molecule has 1 rings (SSSR count). The van der Waals surface area contributed by atoms with Gasteiger partial charge in [-0.25, -0.2) is 0 Å². The monoisotopic (exact) mass is 243 g/mol. The number of carbonyl (C=O) groups is 1. The molecule has 4 nitrogen and oxygen atoms in total. The number of rotatable bonds is 3. The Balaban J connectivity index is 2.46. The van der Waals surface area contributed by atoms with E-state index >= 15 is 0 Å². The average Bonchev–Trinajstić information content (AvgIpc) is 2.27. The minimum Gasteiger partial charge on any atom is -0.461 e. The summed E-state index contributed by atoms with van der Waals surface area (Å²) in [6.45, 7) is 5.83. The van der Waals surface area contributed by atoms with Crippen LogP contribution in [0.1, 0.15) is 46.5 Å². The van der Waals surface area contributed by atoms with E-state index in [0.717, 1.165) is 25.7 Å². The Bertz CT molecular complexity index is 260. The van der Waals surface area contributed by atoms with Crippen molar-refractivity contribution in [2.75, 3.05) is 7.11 Å². The standard InChI is InChI=1S/C13H25NO3/c1-13(2,3)11(14)12(15)17-10-7-5-6-9(8-10)16-4/h9-11H,5-8,14H2,1-4H3/t9?,10?,11-/m0/s1. The number of carbonyl (C=O) groups excluding carboxylic acids is 1. The van der Waals surface area contributed by atoms with Crippen LogP contribution < -0.4 is 5.73 Å². The van der Waals surface area contributed by atoms with Gasteiger partial charge in [0.25, 0.3) is 0 Å². The van der Waals surface area contributed by atoms with Crippen LogP contribution in [0.15, 0.2) is 0 Å². The van der Waals surface area contributed by atoms with Crippen molar-refractivity contribution < 1.29 is 14.3 Å². The predicted molar refractivity (Wildman–Crippen MR) is 66.6 cm³/mol. The van der Waals surface area contributed by atoms with Crippen molar-refractivity contribution in [3.8, 4) is 0 Å². The molecular weight excluding hydrogens is 218 g/mol. The molecule has 100 valence electrons. The fourth-order valence-corrected chi connectivity index (χ4v) is 2.01. The molecule has 0 radical (unpaired) electrons. The number of hydrogen-bond acceptors (Lipinski definition) is 4. The SMILES string of the molecule is COC1CCCC(OC(=O)[C@H](N)C(C)(C)C)C1. The molecule has 0 amide bonds. The van der Waals surface area contributed by atoms with E-state index in [0.29, 0.717) is 0 Å². The lowest BCUT2D eigenvalue weighted by molar-refractivity contribution is -0.156. The molecule has 2 unspecified atom stereocenters. The Kier molecular flexibility index (Phi) is 4.95. The molecule has 0 bridgehead atoms. The van der Waals surface area contributed by atoms with Crippen molar-refractivity contribution in [3.63, 3.8) is 0 Å². The second-order valence-corrected chi connectivity index (χ2v) is 5.93. The number of nitrogens with two attached hydrogens (primary N) is 1. The van der Waals surface area contributed by atoms with E-state index in [2.05, 4.69) is 0 Å². The summed E-state index contributed by atoms with van der Waals surface area (Å²) in [6, 6.07) is -0.564. The van der Waals surface area contributed by atoms with Crippen LogP contribution in [0.25, 0.3) is 0 Å². The minimum absolute atomic E-state index is 0.0328. The van der Waals surface area contributed by atoms with E-state index < -0.39 is 6.04 Å². The van der Waals surface area contributed by atoms with Crippen LogP contribution in [0.3, 0.4) is 0 Å². The molecule has 1 aliphatic carbocycles. The summed E-state index contributed by atoms with van der Waals surface area (Å²) in [6.07, 6.45) is 3.99. The summed E-state index contributed by atoms with van der Waals surface area (Å²) >= 11 is 0. The predicted octanol–water partition coefficient (Wildman–Crippen LogP) is 1.86. The third kappa shape index (κ3) is 4.28. The second kappa shape index (κ2) is 5.83. The van der Waals surface area contributed by atoms with Crippen molar-refractivity contribution in [2.45, 2.75) is 64.7 Å². The lowest BCUT2D eigenvalue weighted by atomic mass is 9.87. The van der Waals surface area contributed by atoms with Crippen LogP contribution in [-0.4, -0.2) is 31.3 Å². The summed E-state index contributed by atoms with van der Waals surface area (Å²) in [7, 11) is 1.70. The van der Waals surface area contributed by atoms with E-state index in [1.165, 1.54) is 0 Å². The molecule has 0 saturated heterocycles. The average molecular weight is 243 g/mol. The summed E-state index contributed by atoms with van der Waals surface area (Å²) < 4.78 is 10.8.